The molecule has 1 aliphatic rings. The lowest BCUT2D eigenvalue weighted by molar-refractivity contribution is -0.133. The first-order chi connectivity index (χ1) is 15.4. The van der Waals surface area contributed by atoms with Crippen LogP contribution in [0.2, 0.25) is 5.02 Å². The summed E-state index contributed by atoms with van der Waals surface area (Å²) in [5.41, 5.74) is 1.66. The number of likely N-dealkylation sites (N-methyl/N-ethyl adjacent to an activating group) is 1. The summed E-state index contributed by atoms with van der Waals surface area (Å²) in [6.45, 7) is 7.33. The topological polar surface area (TPSA) is 91.0 Å². The van der Waals surface area contributed by atoms with Gasteiger partial charge in [0.05, 0.1) is 12.2 Å². The van der Waals surface area contributed by atoms with Crippen molar-refractivity contribution >= 4 is 53.2 Å². The van der Waals surface area contributed by atoms with Gasteiger partial charge in [0.15, 0.2) is 5.75 Å². The molecule has 8 nitrogen and oxygen atoms in total. The van der Waals surface area contributed by atoms with E-state index in [1.807, 2.05) is 0 Å². The second-order valence-corrected chi connectivity index (χ2v) is 7.79. The van der Waals surface area contributed by atoms with E-state index in [0.717, 1.165) is 19.6 Å². The maximum atomic E-state index is 12.5. The zero-order valence-electron chi connectivity index (χ0n) is 18.6. The van der Waals surface area contributed by atoms with Gasteiger partial charge in [-0.2, -0.15) is 0 Å². The molecule has 0 unspecified atom stereocenters. The molecule has 2 N–H and O–H groups in total. The van der Waals surface area contributed by atoms with Crippen LogP contribution >= 0.6 is 24.0 Å². The van der Waals surface area contributed by atoms with Gasteiger partial charge in [0.2, 0.25) is 5.91 Å². The molecule has 0 spiro atoms. The zero-order valence-corrected chi connectivity index (χ0v) is 20.2. The van der Waals surface area contributed by atoms with E-state index in [1.165, 1.54) is 0 Å². The highest BCUT2D eigenvalue weighted by Gasteiger charge is 2.26. The van der Waals surface area contributed by atoms with E-state index in [2.05, 4.69) is 29.4 Å². The van der Waals surface area contributed by atoms with Gasteiger partial charge >= 0.3 is 5.97 Å². The maximum absolute atomic E-state index is 12.5. The number of nitrogens with one attached hydrogen (secondary N) is 2. The van der Waals surface area contributed by atoms with E-state index in [-0.39, 0.29) is 37.3 Å². The molecule has 0 fully saturated rings. The summed E-state index contributed by atoms with van der Waals surface area (Å²) in [5, 5.41) is 6.17. The van der Waals surface area contributed by atoms with Crippen LogP contribution in [0.25, 0.3) is 0 Å². The Labute approximate surface area is 204 Å². The molecule has 1 heterocycles. The van der Waals surface area contributed by atoms with Gasteiger partial charge in [0, 0.05) is 29.4 Å². The number of halogens is 2. The van der Waals surface area contributed by atoms with Crippen molar-refractivity contribution in [3.05, 3.63) is 53.1 Å². The van der Waals surface area contributed by atoms with Crippen LogP contribution in [0.15, 0.2) is 42.5 Å². The molecular formula is C23H28Cl2N4O4. The molecule has 0 saturated carbocycles. The number of ether oxygens (including phenoxy) is 1. The van der Waals surface area contributed by atoms with E-state index >= 15 is 0 Å². The number of rotatable bonds is 9. The molecule has 2 amide bonds. The second kappa shape index (κ2) is 12.4. The van der Waals surface area contributed by atoms with Gasteiger partial charge in [-0.15, -0.1) is 12.4 Å². The number of anilines is 2. The molecule has 0 aliphatic carbocycles. The Balaban J connectivity index is 0.00000385. The predicted molar refractivity (Wildman–Crippen MR) is 132 cm³/mol. The average molecular weight is 495 g/mol. The SMILES string of the molecule is CCN(CC)CCNC(=O)c1ccc(NC(=O)CN2CC(=O)Oc3ccc(Cl)cc32)cc1.Cl. The van der Waals surface area contributed by atoms with Crippen molar-refractivity contribution in [2.45, 2.75) is 13.8 Å². The smallest absolute Gasteiger partial charge is 0.331 e. The molecule has 3 rings (SSSR count). The lowest BCUT2D eigenvalue weighted by atomic mass is 10.2. The fourth-order valence-corrected chi connectivity index (χ4v) is 3.58. The molecular weight excluding hydrogens is 467 g/mol. The number of carbonyl (C=O) groups is 3. The highest BCUT2D eigenvalue weighted by Crippen LogP contribution is 2.34. The van der Waals surface area contributed by atoms with E-state index in [1.54, 1.807) is 47.4 Å². The molecule has 0 aromatic heterocycles. The van der Waals surface area contributed by atoms with Crippen LogP contribution < -0.4 is 20.3 Å². The first-order valence-electron chi connectivity index (χ1n) is 10.5. The first-order valence-corrected chi connectivity index (χ1v) is 10.9. The van der Waals surface area contributed by atoms with Gasteiger partial charge in [-0.05, 0) is 55.6 Å². The highest BCUT2D eigenvalue weighted by atomic mass is 35.5. The first kappa shape index (κ1) is 26.4. The summed E-state index contributed by atoms with van der Waals surface area (Å²) in [6, 6.07) is 11.6. The van der Waals surface area contributed by atoms with Gasteiger partial charge in [-0.1, -0.05) is 25.4 Å². The average Bonchev–Trinajstić information content (AvgIpc) is 2.77. The number of amides is 2. The van der Waals surface area contributed by atoms with Crippen LogP contribution in [0.4, 0.5) is 11.4 Å². The normalized spacial score (nSPS) is 12.5. The molecule has 2 aromatic carbocycles. The third-order valence-electron chi connectivity index (χ3n) is 5.18. The Kier molecular flexibility index (Phi) is 9.96. The van der Waals surface area contributed by atoms with Crippen molar-refractivity contribution in [3.8, 4) is 5.75 Å². The number of nitrogens with zero attached hydrogens (tertiary/aromatic N) is 2. The fourth-order valence-electron chi connectivity index (χ4n) is 3.41. The number of benzene rings is 2. The molecule has 0 radical (unpaired) electrons. The lowest BCUT2D eigenvalue weighted by Crippen LogP contribution is -2.41. The largest absolute Gasteiger partial charge is 0.423 e. The number of hydrogen-bond donors (Lipinski definition) is 2. The van der Waals surface area contributed by atoms with Crippen molar-refractivity contribution in [2.75, 3.05) is 49.5 Å². The molecule has 178 valence electrons. The van der Waals surface area contributed by atoms with Gasteiger partial charge in [0.25, 0.3) is 5.91 Å². The van der Waals surface area contributed by atoms with Crippen molar-refractivity contribution in [3.63, 3.8) is 0 Å². The minimum atomic E-state index is -0.441. The Morgan fingerprint density at radius 3 is 2.48 bits per heavy atom. The standard InChI is InChI=1S/C23H27ClN4O4.ClH/c1-3-27(4-2)12-11-25-23(31)16-5-8-18(9-6-16)26-21(29)14-28-15-22(30)32-20-10-7-17(24)13-19(20)28;/h5-10,13H,3-4,11-12,14-15H2,1-2H3,(H,25,31)(H,26,29);1H. The van der Waals surface area contributed by atoms with Gasteiger partial charge in [-0.25, -0.2) is 4.79 Å². The second-order valence-electron chi connectivity index (χ2n) is 7.35. The Morgan fingerprint density at radius 1 is 1.12 bits per heavy atom. The Morgan fingerprint density at radius 2 is 1.82 bits per heavy atom. The molecule has 33 heavy (non-hydrogen) atoms. The summed E-state index contributed by atoms with van der Waals surface area (Å²) in [7, 11) is 0. The third kappa shape index (κ3) is 7.35. The fraction of sp³-hybridized carbons (Fsp3) is 0.348. The van der Waals surface area contributed by atoms with E-state index < -0.39 is 5.97 Å². The molecule has 0 saturated heterocycles. The summed E-state index contributed by atoms with van der Waals surface area (Å²) in [6.07, 6.45) is 0. The zero-order chi connectivity index (χ0) is 23.1. The van der Waals surface area contributed by atoms with Crippen LogP contribution in [0, 0.1) is 0 Å². The van der Waals surface area contributed by atoms with E-state index in [4.69, 9.17) is 16.3 Å². The summed E-state index contributed by atoms with van der Waals surface area (Å²) >= 11 is 6.04. The van der Waals surface area contributed by atoms with Crippen LogP contribution in [0.5, 0.6) is 5.75 Å². The minimum Gasteiger partial charge on any atom is -0.423 e. The number of hydrogen-bond acceptors (Lipinski definition) is 6. The monoisotopic (exact) mass is 494 g/mol. The summed E-state index contributed by atoms with van der Waals surface area (Å²) in [5.74, 6) is -0.531. The van der Waals surface area contributed by atoms with Crippen molar-refractivity contribution in [2.24, 2.45) is 0 Å². The van der Waals surface area contributed by atoms with Crippen LogP contribution in [-0.4, -0.2) is 62.0 Å². The predicted octanol–water partition coefficient (Wildman–Crippen LogP) is 3.20. The minimum absolute atomic E-state index is 0. The number of fused-ring (bicyclic) bond motifs is 1. The van der Waals surface area contributed by atoms with Crippen LogP contribution in [0.3, 0.4) is 0 Å². The Hall–Kier alpha value is -2.81. The number of carbonyl (C=O) groups excluding carboxylic acids is 3. The molecule has 10 heteroatoms. The Bertz CT molecular complexity index is 981. The third-order valence-corrected chi connectivity index (χ3v) is 5.41. The van der Waals surface area contributed by atoms with Gasteiger partial charge in [0.1, 0.15) is 6.54 Å². The van der Waals surface area contributed by atoms with Crippen molar-refractivity contribution in [1.29, 1.82) is 0 Å². The summed E-state index contributed by atoms with van der Waals surface area (Å²) < 4.78 is 5.19. The molecule has 1 aliphatic heterocycles. The molecule has 0 bridgehead atoms. The maximum Gasteiger partial charge on any atom is 0.331 e. The highest BCUT2D eigenvalue weighted by molar-refractivity contribution is 6.31. The van der Waals surface area contributed by atoms with Crippen molar-refractivity contribution < 1.29 is 19.1 Å². The number of esters is 1. The lowest BCUT2D eigenvalue weighted by Gasteiger charge is -2.29. The van der Waals surface area contributed by atoms with Gasteiger partial charge in [-0.3, -0.25) is 9.59 Å². The van der Waals surface area contributed by atoms with Gasteiger partial charge < -0.3 is 25.2 Å². The van der Waals surface area contributed by atoms with Crippen LogP contribution in [-0.2, 0) is 9.59 Å². The van der Waals surface area contributed by atoms with Crippen LogP contribution in [0.1, 0.15) is 24.2 Å². The molecule has 2 aromatic rings. The van der Waals surface area contributed by atoms with Crippen molar-refractivity contribution in [1.82, 2.24) is 10.2 Å². The molecule has 0 atom stereocenters. The van der Waals surface area contributed by atoms with E-state index in [9.17, 15) is 14.4 Å². The quantitative estimate of drug-likeness (QED) is 0.410. The van der Waals surface area contributed by atoms with E-state index in [0.29, 0.717) is 34.3 Å². The summed E-state index contributed by atoms with van der Waals surface area (Å²) in [4.78, 5) is 40.5.